The highest BCUT2D eigenvalue weighted by atomic mass is 31.2. The molecule has 0 aliphatic rings. The second-order valence-electron chi connectivity index (χ2n) is 14.3. The molecule has 51 heavy (non-hydrogen) atoms. The van der Waals surface area contributed by atoms with Gasteiger partial charge in [-0.05, 0) is 77.0 Å². The van der Waals surface area contributed by atoms with Crippen LogP contribution < -0.4 is 0 Å². The van der Waals surface area contributed by atoms with E-state index in [0.29, 0.717) is 24.1 Å². The minimum absolute atomic E-state index is 0.0782. The predicted octanol–water partition coefficient (Wildman–Crippen LogP) is 11.4. The van der Waals surface area contributed by atoms with Crippen LogP contribution in [0.3, 0.4) is 0 Å². The summed E-state index contributed by atoms with van der Waals surface area (Å²) in [6, 6.07) is 0. The summed E-state index contributed by atoms with van der Waals surface area (Å²) in [5.41, 5.74) is 0. The third-order valence-electron chi connectivity index (χ3n) is 8.06. The number of carbonyl (C=O) groups excluding carboxylic acids is 1. The maximum absolute atomic E-state index is 12.6. The van der Waals surface area contributed by atoms with Crippen LogP contribution in [0.15, 0.2) is 60.8 Å². The molecule has 0 saturated carbocycles. The molecule has 0 aromatic heterocycles. The lowest BCUT2D eigenvalue weighted by Gasteiger charge is -2.24. The van der Waals surface area contributed by atoms with Crippen LogP contribution in [0.5, 0.6) is 0 Å². The molecule has 0 spiro atoms. The molecule has 0 aromatic rings. The van der Waals surface area contributed by atoms with Gasteiger partial charge in [-0.25, -0.2) is 4.57 Å². The highest BCUT2D eigenvalue weighted by molar-refractivity contribution is 7.47. The highest BCUT2D eigenvalue weighted by Gasteiger charge is 2.26. The van der Waals surface area contributed by atoms with E-state index in [1.54, 1.807) is 0 Å². The van der Waals surface area contributed by atoms with Crippen LogP contribution in [-0.4, -0.2) is 75.6 Å². The summed E-state index contributed by atoms with van der Waals surface area (Å²) in [4.78, 5) is 22.8. The Morgan fingerprint density at radius 3 is 1.71 bits per heavy atom. The van der Waals surface area contributed by atoms with E-state index in [0.717, 1.165) is 96.3 Å². The van der Waals surface area contributed by atoms with Crippen molar-refractivity contribution in [2.45, 2.75) is 148 Å². The summed E-state index contributed by atoms with van der Waals surface area (Å²) in [7, 11) is 1.63. The Kier molecular flexibility index (Phi) is 34.0. The Morgan fingerprint density at radius 2 is 1.14 bits per heavy atom. The van der Waals surface area contributed by atoms with Crippen LogP contribution in [0, 0.1) is 0 Å². The number of quaternary nitrogens is 1. The van der Waals surface area contributed by atoms with Crippen molar-refractivity contribution in [1.82, 2.24) is 0 Å². The largest absolute Gasteiger partial charge is 0.472 e. The van der Waals surface area contributed by atoms with Crippen LogP contribution in [0.4, 0.5) is 0 Å². The molecule has 0 bridgehead atoms. The fourth-order valence-corrected chi connectivity index (χ4v) is 5.69. The Labute approximate surface area is 313 Å². The van der Waals surface area contributed by atoms with Crippen LogP contribution >= 0.6 is 7.82 Å². The first-order valence-electron chi connectivity index (χ1n) is 20.0. The number of ether oxygens (including phenoxy) is 2. The Hall–Kier alpha value is -1.80. The van der Waals surface area contributed by atoms with E-state index in [-0.39, 0.29) is 25.8 Å². The van der Waals surface area contributed by atoms with E-state index in [9.17, 15) is 14.3 Å². The normalized spacial score (nSPS) is 14.5. The highest BCUT2D eigenvalue weighted by Crippen LogP contribution is 2.43. The minimum Gasteiger partial charge on any atom is -0.457 e. The zero-order valence-electron chi connectivity index (χ0n) is 33.3. The van der Waals surface area contributed by atoms with Gasteiger partial charge in [0.2, 0.25) is 0 Å². The van der Waals surface area contributed by atoms with E-state index in [2.05, 4.69) is 74.6 Å². The Balaban J connectivity index is 4.37. The molecule has 0 fully saturated rings. The number of carbonyl (C=O) groups is 1. The molecule has 0 aliphatic heterocycles. The predicted molar refractivity (Wildman–Crippen MR) is 215 cm³/mol. The minimum atomic E-state index is -4.28. The summed E-state index contributed by atoms with van der Waals surface area (Å²) in [5, 5.41) is 0. The van der Waals surface area contributed by atoms with Crippen molar-refractivity contribution in [3.05, 3.63) is 60.8 Å². The number of unbranched alkanes of at least 4 members (excludes halogenated alkanes) is 12. The number of hydrogen-bond donors (Lipinski definition) is 1. The van der Waals surface area contributed by atoms with Gasteiger partial charge in [0.15, 0.2) is 0 Å². The van der Waals surface area contributed by atoms with Crippen molar-refractivity contribution in [3.63, 3.8) is 0 Å². The van der Waals surface area contributed by atoms with E-state index >= 15 is 0 Å². The first-order valence-corrected chi connectivity index (χ1v) is 21.5. The summed E-state index contributed by atoms with van der Waals surface area (Å²) in [5.74, 6) is -0.339. The molecule has 0 radical (unpaired) electrons. The van der Waals surface area contributed by atoms with Gasteiger partial charge in [0.05, 0.1) is 34.4 Å². The number of nitrogens with zero attached hydrogens (tertiary/aromatic N) is 1. The molecule has 0 aromatic carbocycles. The van der Waals surface area contributed by atoms with Crippen LogP contribution in [0.1, 0.15) is 142 Å². The van der Waals surface area contributed by atoms with E-state index < -0.39 is 13.9 Å². The molecular weight excluding hydrogens is 661 g/mol. The fraction of sp³-hybridized carbons (Fsp3) is 0.738. The number of esters is 1. The molecule has 0 aliphatic carbocycles. The number of allylic oxidation sites excluding steroid dienone is 10. The monoisotopic (exact) mass is 739 g/mol. The van der Waals surface area contributed by atoms with Gasteiger partial charge in [0.25, 0.3) is 0 Å². The average Bonchev–Trinajstić information content (AvgIpc) is 3.08. The lowest BCUT2D eigenvalue weighted by atomic mass is 10.1. The molecule has 0 amide bonds. The zero-order chi connectivity index (χ0) is 37.7. The van der Waals surface area contributed by atoms with Gasteiger partial charge < -0.3 is 18.9 Å². The molecule has 296 valence electrons. The van der Waals surface area contributed by atoms with Gasteiger partial charge >= 0.3 is 13.8 Å². The number of likely N-dealkylation sites (N-methyl/N-ethyl adjacent to an activating group) is 1. The van der Waals surface area contributed by atoms with Crippen molar-refractivity contribution in [2.24, 2.45) is 0 Å². The zero-order valence-corrected chi connectivity index (χ0v) is 34.2. The SMILES string of the molecule is CC/C=C\C/C=C\C/C=C\CCCCCCOCC(COP(=O)(O)OCC[N+](C)(C)C)OC(=O)CCCCCCC/C=C\C/C=C\CCCCC. The maximum Gasteiger partial charge on any atom is 0.472 e. The third-order valence-corrected chi connectivity index (χ3v) is 9.05. The van der Waals surface area contributed by atoms with Gasteiger partial charge in [-0.2, -0.15) is 0 Å². The quantitative estimate of drug-likeness (QED) is 0.0225. The number of rotatable bonds is 36. The molecular formula is C42H77NO7P+. The lowest BCUT2D eigenvalue weighted by Crippen LogP contribution is -2.37. The second kappa shape index (κ2) is 35.2. The van der Waals surface area contributed by atoms with Gasteiger partial charge in [-0.1, -0.05) is 120 Å². The molecule has 2 unspecified atom stereocenters. The van der Waals surface area contributed by atoms with Gasteiger partial charge in [-0.15, -0.1) is 0 Å². The fourth-order valence-electron chi connectivity index (χ4n) is 4.95. The maximum atomic E-state index is 12.6. The Bertz CT molecular complexity index is 1000. The molecule has 0 rings (SSSR count). The standard InChI is InChI=1S/C42H76NO7P/c1-6-8-10-12-14-16-18-20-22-23-25-27-29-31-33-35-42(44)50-41(40-49-51(45,46)48-38-36-43(3,4)5)39-47-37-34-32-30-28-26-24-21-19-17-15-13-11-9-7-2/h9,11,14-17,20-22,24,41H,6-8,10,12-13,18-19,23,25-40H2,1-5H3/p+1/b11-9-,16-14-,17-15-,22-20-,24-21-. The van der Waals surface area contributed by atoms with Gasteiger partial charge in [0.1, 0.15) is 19.3 Å². The van der Waals surface area contributed by atoms with Crippen molar-refractivity contribution in [2.75, 3.05) is 54.1 Å². The van der Waals surface area contributed by atoms with E-state index in [1.165, 1.54) is 25.7 Å². The molecule has 9 heteroatoms. The van der Waals surface area contributed by atoms with Crippen molar-refractivity contribution in [1.29, 1.82) is 0 Å². The number of phosphoric ester groups is 1. The van der Waals surface area contributed by atoms with Gasteiger partial charge in [0, 0.05) is 13.0 Å². The second-order valence-corrected chi connectivity index (χ2v) is 15.7. The first kappa shape index (κ1) is 49.2. The molecule has 1 N–H and O–H groups in total. The van der Waals surface area contributed by atoms with Crippen LogP contribution in [0.2, 0.25) is 0 Å². The third kappa shape index (κ3) is 39.2. The molecule has 2 atom stereocenters. The number of hydrogen-bond acceptors (Lipinski definition) is 6. The van der Waals surface area contributed by atoms with Crippen molar-refractivity contribution in [3.8, 4) is 0 Å². The van der Waals surface area contributed by atoms with Crippen molar-refractivity contribution < 1.29 is 37.3 Å². The van der Waals surface area contributed by atoms with E-state index in [1.807, 2.05) is 21.1 Å². The molecule has 0 heterocycles. The van der Waals surface area contributed by atoms with Gasteiger partial charge in [-0.3, -0.25) is 13.8 Å². The average molecular weight is 739 g/mol. The topological polar surface area (TPSA) is 91.3 Å². The van der Waals surface area contributed by atoms with Crippen LogP contribution in [0.25, 0.3) is 0 Å². The van der Waals surface area contributed by atoms with Crippen molar-refractivity contribution >= 4 is 13.8 Å². The summed E-state index contributed by atoms with van der Waals surface area (Å²) >= 11 is 0. The lowest BCUT2D eigenvalue weighted by molar-refractivity contribution is -0.870. The summed E-state index contributed by atoms with van der Waals surface area (Å²) < 4.78 is 34.8. The van der Waals surface area contributed by atoms with Crippen LogP contribution in [-0.2, 0) is 27.9 Å². The van der Waals surface area contributed by atoms with E-state index in [4.69, 9.17) is 18.5 Å². The first-order chi connectivity index (χ1) is 24.6. The summed E-state index contributed by atoms with van der Waals surface area (Å²) in [6.45, 7) is 5.38. The molecule has 0 saturated heterocycles. The summed E-state index contributed by atoms with van der Waals surface area (Å²) in [6.07, 6.45) is 42.5. The number of phosphoric acid groups is 1. The smallest absolute Gasteiger partial charge is 0.457 e. The Morgan fingerprint density at radius 1 is 0.627 bits per heavy atom. The molecule has 8 nitrogen and oxygen atoms in total.